The second-order valence-corrected chi connectivity index (χ2v) is 7.63. The second kappa shape index (κ2) is 5.59. The van der Waals surface area contributed by atoms with Crippen molar-refractivity contribution in [1.29, 1.82) is 0 Å². The van der Waals surface area contributed by atoms with Crippen molar-refractivity contribution < 1.29 is 13.2 Å². The van der Waals surface area contributed by atoms with Crippen LogP contribution in [0, 0.1) is 0 Å². The maximum Gasteiger partial charge on any atom is 0.246 e. The summed E-state index contributed by atoms with van der Waals surface area (Å²) in [6.07, 6.45) is 3.36. The predicted octanol–water partition coefficient (Wildman–Crippen LogP) is 1.82. The van der Waals surface area contributed by atoms with Crippen LogP contribution in [0.3, 0.4) is 0 Å². The second-order valence-electron chi connectivity index (χ2n) is 5.72. The maximum atomic E-state index is 12.9. The van der Waals surface area contributed by atoms with E-state index in [0.29, 0.717) is 30.3 Å². The summed E-state index contributed by atoms with van der Waals surface area (Å²) in [5.74, 6) is 0.470. The number of benzene rings is 1. The number of hydrogen-bond donors (Lipinski definition) is 1. The van der Waals surface area contributed by atoms with Crippen LogP contribution in [0.1, 0.15) is 43.4 Å². The topological polar surface area (TPSA) is 72.6 Å². The molecule has 0 amide bonds. The van der Waals surface area contributed by atoms with Crippen molar-refractivity contribution in [3.05, 3.63) is 23.3 Å². The van der Waals surface area contributed by atoms with Crippen molar-refractivity contribution in [3.8, 4) is 5.75 Å². The zero-order valence-electron chi connectivity index (χ0n) is 12.3. The molecule has 1 atom stereocenters. The summed E-state index contributed by atoms with van der Waals surface area (Å²) < 4.78 is 33.0. The number of nitrogens with zero attached hydrogens (tertiary/aromatic N) is 1. The molecule has 0 spiro atoms. The molecule has 0 saturated carbocycles. The van der Waals surface area contributed by atoms with Gasteiger partial charge in [-0.3, -0.25) is 0 Å². The van der Waals surface area contributed by atoms with Crippen molar-refractivity contribution >= 4 is 10.0 Å². The monoisotopic (exact) mass is 310 g/mol. The Morgan fingerprint density at radius 1 is 1.33 bits per heavy atom. The number of rotatable bonds is 3. The van der Waals surface area contributed by atoms with Crippen LogP contribution in [-0.4, -0.2) is 32.4 Å². The molecular formula is C15H22N2O3S. The van der Waals surface area contributed by atoms with Gasteiger partial charge < -0.3 is 10.5 Å². The van der Waals surface area contributed by atoms with Crippen LogP contribution in [0.15, 0.2) is 17.0 Å². The number of sulfonamides is 1. The zero-order chi connectivity index (χ0) is 15.0. The summed E-state index contributed by atoms with van der Waals surface area (Å²) in [5.41, 5.74) is 7.97. The van der Waals surface area contributed by atoms with Gasteiger partial charge in [0.25, 0.3) is 0 Å². The molecule has 3 rings (SSSR count). The lowest BCUT2D eigenvalue weighted by Gasteiger charge is -2.27. The van der Waals surface area contributed by atoms with E-state index in [-0.39, 0.29) is 6.04 Å². The SMILES string of the molecule is CCc1cc2c(c(S(=O)(=O)N3CCCC3)c1)OCCC2N. The standard InChI is InChI=1S/C15H22N2O3S/c1-2-11-9-12-13(16)5-8-20-15(12)14(10-11)21(18,19)17-6-3-4-7-17/h9-10,13H,2-8,16H2,1H3. The van der Waals surface area contributed by atoms with Gasteiger partial charge in [-0.2, -0.15) is 4.31 Å². The number of nitrogens with two attached hydrogens (primary N) is 1. The molecule has 1 aromatic rings. The molecular weight excluding hydrogens is 288 g/mol. The molecule has 0 aromatic heterocycles. The van der Waals surface area contributed by atoms with Crippen LogP contribution in [0.2, 0.25) is 0 Å². The fourth-order valence-electron chi connectivity index (χ4n) is 3.02. The Kier molecular flexibility index (Phi) is 3.94. The van der Waals surface area contributed by atoms with Crippen molar-refractivity contribution in [1.82, 2.24) is 4.31 Å². The highest BCUT2D eigenvalue weighted by Crippen LogP contribution is 2.39. The average Bonchev–Trinajstić information content (AvgIpc) is 3.01. The molecule has 1 aromatic carbocycles. The molecule has 2 heterocycles. The van der Waals surface area contributed by atoms with Crippen molar-refractivity contribution in [3.63, 3.8) is 0 Å². The van der Waals surface area contributed by atoms with Gasteiger partial charge in [0.15, 0.2) is 0 Å². The zero-order valence-corrected chi connectivity index (χ0v) is 13.2. The Labute approximate surface area is 126 Å². The number of aryl methyl sites for hydroxylation is 1. The Hall–Kier alpha value is -1.11. The molecule has 5 nitrogen and oxygen atoms in total. The summed E-state index contributed by atoms with van der Waals surface area (Å²) in [7, 11) is -3.48. The van der Waals surface area contributed by atoms with Crippen LogP contribution in [-0.2, 0) is 16.4 Å². The summed E-state index contributed by atoms with van der Waals surface area (Å²) in [6.45, 7) is 3.68. The highest BCUT2D eigenvalue weighted by molar-refractivity contribution is 7.89. The molecule has 1 unspecified atom stereocenters. The third kappa shape index (κ3) is 2.56. The fraction of sp³-hybridized carbons (Fsp3) is 0.600. The third-order valence-corrected chi connectivity index (χ3v) is 6.21. The molecule has 0 radical (unpaired) electrons. The molecule has 2 N–H and O–H groups in total. The molecule has 1 saturated heterocycles. The van der Waals surface area contributed by atoms with Gasteiger partial charge in [0, 0.05) is 31.1 Å². The van der Waals surface area contributed by atoms with E-state index in [0.717, 1.165) is 36.8 Å². The quantitative estimate of drug-likeness (QED) is 0.924. The van der Waals surface area contributed by atoms with E-state index in [2.05, 4.69) is 0 Å². The van der Waals surface area contributed by atoms with Gasteiger partial charge in [-0.1, -0.05) is 13.0 Å². The van der Waals surface area contributed by atoms with Crippen molar-refractivity contribution in [2.75, 3.05) is 19.7 Å². The third-order valence-electron chi connectivity index (χ3n) is 4.31. The molecule has 0 aliphatic carbocycles. The van der Waals surface area contributed by atoms with Crippen LogP contribution < -0.4 is 10.5 Å². The van der Waals surface area contributed by atoms with Gasteiger partial charge in [0.05, 0.1) is 6.61 Å². The van der Waals surface area contributed by atoms with E-state index in [1.807, 2.05) is 13.0 Å². The van der Waals surface area contributed by atoms with Gasteiger partial charge in [0.2, 0.25) is 10.0 Å². The molecule has 6 heteroatoms. The minimum Gasteiger partial charge on any atom is -0.492 e. The Balaban J connectivity index is 2.15. The predicted molar refractivity (Wildman–Crippen MR) is 80.9 cm³/mol. The first kappa shape index (κ1) is 14.8. The van der Waals surface area contributed by atoms with E-state index in [1.54, 1.807) is 10.4 Å². The van der Waals surface area contributed by atoms with Gasteiger partial charge in [-0.15, -0.1) is 0 Å². The minimum atomic E-state index is -3.48. The highest BCUT2D eigenvalue weighted by atomic mass is 32.2. The van der Waals surface area contributed by atoms with Crippen LogP contribution in [0.25, 0.3) is 0 Å². The van der Waals surface area contributed by atoms with Crippen LogP contribution in [0.4, 0.5) is 0 Å². The summed E-state index contributed by atoms with van der Waals surface area (Å²) >= 11 is 0. The van der Waals surface area contributed by atoms with Gasteiger partial charge >= 0.3 is 0 Å². The average molecular weight is 310 g/mol. The normalized spacial score (nSPS) is 22.9. The van der Waals surface area contributed by atoms with Gasteiger partial charge in [0.1, 0.15) is 10.6 Å². The lowest BCUT2D eigenvalue weighted by molar-refractivity contribution is 0.260. The van der Waals surface area contributed by atoms with Crippen LogP contribution in [0.5, 0.6) is 5.75 Å². The molecule has 2 aliphatic heterocycles. The largest absolute Gasteiger partial charge is 0.492 e. The van der Waals surface area contributed by atoms with Gasteiger partial charge in [-0.25, -0.2) is 8.42 Å². The lowest BCUT2D eigenvalue weighted by atomic mass is 9.98. The summed E-state index contributed by atoms with van der Waals surface area (Å²) in [5, 5.41) is 0. The maximum absolute atomic E-state index is 12.9. The number of fused-ring (bicyclic) bond motifs is 1. The first-order valence-electron chi connectivity index (χ1n) is 7.59. The van der Waals surface area contributed by atoms with Crippen LogP contribution >= 0.6 is 0 Å². The lowest BCUT2D eigenvalue weighted by Crippen LogP contribution is -2.30. The Morgan fingerprint density at radius 2 is 2.05 bits per heavy atom. The molecule has 0 bridgehead atoms. The van der Waals surface area contributed by atoms with E-state index in [1.165, 1.54) is 0 Å². The van der Waals surface area contributed by atoms with E-state index in [9.17, 15) is 8.42 Å². The molecule has 116 valence electrons. The highest BCUT2D eigenvalue weighted by Gasteiger charge is 2.33. The fourth-order valence-corrected chi connectivity index (χ4v) is 4.75. The summed E-state index contributed by atoms with van der Waals surface area (Å²) in [4.78, 5) is 0.300. The van der Waals surface area contributed by atoms with E-state index in [4.69, 9.17) is 10.5 Å². The summed E-state index contributed by atoms with van der Waals surface area (Å²) in [6, 6.07) is 3.60. The molecule has 21 heavy (non-hydrogen) atoms. The smallest absolute Gasteiger partial charge is 0.246 e. The Morgan fingerprint density at radius 3 is 2.71 bits per heavy atom. The Bertz CT molecular complexity index is 637. The minimum absolute atomic E-state index is 0.146. The number of hydrogen-bond acceptors (Lipinski definition) is 4. The van der Waals surface area contributed by atoms with Gasteiger partial charge in [-0.05, 0) is 30.9 Å². The van der Waals surface area contributed by atoms with Crippen molar-refractivity contribution in [2.45, 2.75) is 43.5 Å². The number of ether oxygens (including phenoxy) is 1. The van der Waals surface area contributed by atoms with E-state index < -0.39 is 10.0 Å². The van der Waals surface area contributed by atoms with Crippen molar-refractivity contribution in [2.24, 2.45) is 5.73 Å². The van der Waals surface area contributed by atoms with E-state index >= 15 is 0 Å². The first-order chi connectivity index (χ1) is 10.0. The molecule has 1 fully saturated rings. The molecule has 2 aliphatic rings. The first-order valence-corrected chi connectivity index (χ1v) is 9.03.